The van der Waals surface area contributed by atoms with Crippen molar-refractivity contribution in [3.63, 3.8) is 0 Å². The number of rotatable bonds is 7. The summed E-state index contributed by atoms with van der Waals surface area (Å²) in [5.41, 5.74) is 4.75. The first-order valence-corrected chi connectivity index (χ1v) is 9.11. The Morgan fingerprint density at radius 2 is 2.04 bits per heavy atom. The van der Waals surface area contributed by atoms with Crippen LogP contribution in [-0.4, -0.2) is 37.5 Å². The summed E-state index contributed by atoms with van der Waals surface area (Å²) in [6.45, 7) is 7.70. The van der Waals surface area contributed by atoms with E-state index in [4.69, 9.17) is 14.5 Å². The lowest BCUT2D eigenvalue weighted by molar-refractivity contribution is -0.0316. The van der Waals surface area contributed by atoms with Crippen molar-refractivity contribution in [3.05, 3.63) is 35.5 Å². The van der Waals surface area contributed by atoms with Crippen molar-refractivity contribution in [3.8, 4) is 0 Å². The summed E-state index contributed by atoms with van der Waals surface area (Å²) >= 11 is 0. The van der Waals surface area contributed by atoms with Gasteiger partial charge in [-0.15, -0.1) is 0 Å². The predicted octanol–water partition coefficient (Wildman–Crippen LogP) is 4.10. The van der Waals surface area contributed by atoms with Gasteiger partial charge in [0.15, 0.2) is 0 Å². The van der Waals surface area contributed by atoms with E-state index in [0.29, 0.717) is 6.10 Å². The zero-order valence-corrected chi connectivity index (χ0v) is 14.8. The first-order chi connectivity index (χ1) is 11.8. The zero-order valence-electron chi connectivity index (χ0n) is 14.8. The smallest absolute Gasteiger partial charge is 0.0726 e. The number of pyridine rings is 1. The van der Waals surface area contributed by atoms with E-state index >= 15 is 0 Å². The molecule has 1 N–H and O–H groups in total. The van der Waals surface area contributed by atoms with Crippen LogP contribution < -0.4 is 5.32 Å². The van der Waals surface area contributed by atoms with Gasteiger partial charge in [0.05, 0.1) is 11.6 Å². The molecule has 1 fully saturated rings. The molecule has 0 amide bonds. The molecule has 2 heterocycles. The number of para-hydroxylation sites is 1. The van der Waals surface area contributed by atoms with Gasteiger partial charge in [0.1, 0.15) is 0 Å². The largest absolute Gasteiger partial charge is 0.384 e. The molecule has 1 aliphatic rings. The van der Waals surface area contributed by atoms with Crippen molar-refractivity contribution in [2.24, 2.45) is 0 Å². The lowest BCUT2D eigenvalue weighted by Crippen LogP contribution is -2.24. The average Bonchev–Trinajstić information content (AvgIpc) is 2.62. The van der Waals surface area contributed by atoms with Crippen molar-refractivity contribution in [2.45, 2.75) is 45.6 Å². The topological polar surface area (TPSA) is 43.4 Å². The number of aryl methyl sites for hydroxylation is 1. The van der Waals surface area contributed by atoms with Gasteiger partial charge < -0.3 is 14.8 Å². The molecule has 130 valence electrons. The van der Waals surface area contributed by atoms with E-state index in [1.165, 1.54) is 16.6 Å². The third-order valence-electron chi connectivity index (χ3n) is 4.70. The quantitative estimate of drug-likeness (QED) is 0.777. The van der Waals surface area contributed by atoms with Crippen LogP contribution in [0.15, 0.2) is 24.3 Å². The number of aromatic nitrogens is 1. The minimum absolute atomic E-state index is 0.383. The molecule has 3 rings (SSSR count). The Kier molecular flexibility index (Phi) is 6.05. The summed E-state index contributed by atoms with van der Waals surface area (Å²) in [7, 11) is 0. The molecular formula is C20H28N2O2. The van der Waals surface area contributed by atoms with Gasteiger partial charge in [-0.1, -0.05) is 25.1 Å². The Labute approximate surface area is 144 Å². The lowest BCUT2D eigenvalue weighted by Gasteiger charge is -2.22. The first-order valence-electron chi connectivity index (χ1n) is 9.11. The number of nitrogens with zero attached hydrogens (tertiary/aromatic N) is 1. The summed E-state index contributed by atoms with van der Waals surface area (Å²) in [5, 5.41) is 4.85. The monoisotopic (exact) mass is 328 g/mol. The van der Waals surface area contributed by atoms with Crippen LogP contribution in [0, 0.1) is 6.92 Å². The van der Waals surface area contributed by atoms with Gasteiger partial charge in [-0.25, -0.2) is 0 Å². The lowest BCUT2D eigenvalue weighted by atomic mass is 10.0. The Balaban J connectivity index is 1.59. The second kappa shape index (κ2) is 8.45. The molecule has 0 bridgehead atoms. The highest BCUT2D eigenvalue weighted by Crippen LogP contribution is 2.28. The van der Waals surface area contributed by atoms with E-state index in [9.17, 15) is 0 Å². The average molecular weight is 328 g/mol. The fourth-order valence-corrected chi connectivity index (χ4v) is 3.39. The van der Waals surface area contributed by atoms with Gasteiger partial charge in [-0.3, -0.25) is 4.98 Å². The van der Waals surface area contributed by atoms with Crippen molar-refractivity contribution in [1.29, 1.82) is 0 Å². The second-order valence-electron chi connectivity index (χ2n) is 6.38. The minimum Gasteiger partial charge on any atom is -0.384 e. The molecule has 2 aromatic rings. The zero-order chi connectivity index (χ0) is 16.8. The van der Waals surface area contributed by atoms with E-state index in [0.717, 1.165) is 63.3 Å². The van der Waals surface area contributed by atoms with Gasteiger partial charge in [-0.2, -0.15) is 0 Å². The normalized spacial score (nSPS) is 15.8. The maximum Gasteiger partial charge on any atom is 0.0726 e. The molecule has 0 unspecified atom stereocenters. The minimum atomic E-state index is 0.383. The molecule has 4 heteroatoms. The van der Waals surface area contributed by atoms with Gasteiger partial charge in [0, 0.05) is 43.1 Å². The third-order valence-corrected chi connectivity index (χ3v) is 4.70. The molecule has 1 aromatic carbocycles. The number of nitrogens with one attached hydrogen (secondary N) is 1. The van der Waals surface area contributed by atoms with Gasteiger partial charge in [0.2, 0.25) is 0 Å². The van der Waals surface area contributed by atoms with Crippen molar-refractivity contribution in [1.82, 2.24) is 4.98 Å². The molecule has 1 aromatic heterocycles. The van der Waals surface area contributed by atoms with E-state index in [-0.39, 0.29) is 0 Å². The van der Waals surface area contributed by atoms with Crippen LogP contribution >= 0.6 is 0 Å². The van der Waals surface area contributed by atoms with E-state index < -0.39 is 0 Å². The van der Waals surface area contributed by atoms with Crippen LogP contribution in [-0.2, 0) is 15.9 Å². The molecule has 0 radical (unpaired) electrons. The van der Waals surface area contributed by atoms with Crippen LogP contribution in [0.3, 0.4) is 0 Å². The van der Waals surface area contributed by atoms with E-state index in [2.05, 4.69) is 37.4 Å². The summed E-state index contributed by atoms with van der Waals surface area (Å²) < 4.78 is 11.3. The Morgan fingerprint density at radius 1 is 1.25 bits per heavy atom. The molecule has 0 saturated carbocycles. The number of ether oxygens (including phenoxy) is 2. The summed E-state index contributed by atoms with van der Waals surface area (Å²) in [4.78, 5) is 4.74. The van der Waals surface area contributed by atoms with E-state index in [1.807, 2.05) is 6.07 Å². The highest BCUT2D eigenvalue weighted by Gasteiger charge is 2.14. The van der Waals surface area contributed by atoms with Crippen molar-refractivity contribution >= 4 is 16.6 Å². The maximum atomic E-state index is 5.96. The number of hydrogen-bond donors (Lipinski definition) is 1. The first kappa shape index (κ1) is 17.2. The molecule has 0 aliphatic carbocycles. The fraction of sp³-hybridized carbons (Fsp3) is 0.550. The highest BCUT2D eigenvalue weighted by molar-refractivity contribution is 5.93. The SMILES string of the molecule is CCc1c(C)nc2ccccc2c1NCCCOC1CCOCC1. The fourth-order valence-electron chi connectivity index (χ4n) is 3.39. The van der Waals surface area contributed by atoms with Crippen LogP contribution in [0.1, 0.15) is 37.4 Å². The Hall–Kier alpha value is -1.65. The number of benzene rings is 1. The molecule has 24 heavy (non-hydrogen) atoms. The number of anilines is 1. The van der Waals surface area contributed by atoms with Crippen LogP contribution in [0.4, 0.5) is 5.69 Å². The molecule has 0 atom stereocenters. The van der Waals surface area contributed by atoms with Gasteiger partial charge >= 0.3 is 0 Å². The standard InChI is InChI=1S/C20H28N2O2/c1-3-17-15(2)22-19-8-5-4-7-18(19)20(17)21-11-6-12-24-16-9-13-23-14-10-16/h4-5,7-8,16H,3,6,9-14H2,1-2H3,(H,21,22). The van der Waals surface area contributed by atoms with Crippen molar-refractivity contribution in [2.75, 3.05) is 31.7 Å². The molecule has 1 saturated heterocycles. The van der Waals surface area contributed by atoms with Crippen molar-refractivity contribution < 1.29 is 9.47 Å². The van der Waals surface area contributed by atoms with Crippen LogP contribution in [0.25, 0.3) is 10.9 Å². The van der Waals surface area contributed by atoms with Crippen LogP contribution in [0.2, 0.25) is 0 Å². The Bertz CT molecular complexity index is 666. The number of hydrogen-bond acceptors (Lipinski definition) is 4. The van der Waals surface area contributed by atoms with Gasteiger partial charge in [-0.05, 0) is 44.2 Å². The third kappa shape index (κ3) is 4.05. The molecular weight excluding hydrogens is 300 g/mol. The second-order valence-corrected chi connectivity index (χ2v) is 6.38. The highest BCUT2D eigenvalue weighted by atomic mass is 16.5. The molecule has 4 nitrogen and oxygen atoms in total. The summed E-state index contributed by atoms with van der Waals surface area (Å²) in [5.74, 6) is 0. The molecule has 0 spiro atoms. The predicted molar refractivity (Wildman–Crippen MR) is 98.8 cm³/mol. The Morgan fingerprint density at radius 3 is 2.83 bits per heavy atom. The number of fused-ring (bicyclic) bond motifs is 1. The summed E-state index contributed by atoms with van der Waals surface area (Å²) in [6.07, 6.45) is 4.44. The van der Waals surface area contributed by atoms with Crippen LogP contribution in [0.5, 0.6) is 0 Å². The summed E-state index contributed by atoms with van der Waals surface area (Å²) in [6, 6.07) is 8.37. The molecule has 1 aliphatic heterocycles. The van der Waals surface area contributed by atoms with E-state index in [1.54, 1.807) is 0 Å². The van der Waals surface area contributed by atoms with Gasteiger partial charge in [0.25, 0.3) is 0 Å². The maximum absolute atomic E-state index is 5.96.